The summed E-state index contributed by atoms with van der Waals surface area (Å²) in [5.41, 5.74) is 1.44. The number of ether oxygens (including phenoxy) is 1. The third kappa shape index (κ3) is 5.08. The summed E-state index contributed by atoms with van der Waals surface area (Å²) in [6, 6.07) is 17.2. The highest BCUT2D eigenvalue weighted by atomic mass is 32.2. The molecule has 0 saturated carbocycles. The smallest absolute Gasteiger partial charge is 0.258 e. The molecule has 0 bridgehead atoms. The Morgan fingerprint density at radius 3 is 2.41 bits per heavy atom. The van der Waals surface area contributed by atoms with Crippen LogP contribution in [0.4, 0.5) is 4.39 Å². The molecule has 0 aliphatic carbocycles. The van der Waals surface area contributed by atoms with E-state index in [0.717, 1.165) is 15.1 Å². The van der Waals surface area contributed by atoms with Crippen molar-refractivity contribution in [3.8, 4) is 5.75 Å². The van der Waals surface area contributed by atoms with Crippen molar-refractivity contribution in [3.63, 3.8) is 0 Å². The monoisotopic (exact) mass is 418 g/mol. The summed E-state index contributed by atoms with van der Waals surface area (Å²) in [7, 11) is -4.04. The van der Waals surface area contributed by atoms with Crippen LogP contribution in [0.3, 0.4) is 0 Å². The van der Waals surface area contributed by atoms with E-state index in [-0.39, 0.29) is 18.0 Å². The molecule has 0 atom stereocenters. The highest BCUT2D eigenvalue weighted by molar-refractivity contribution is 7.89. The van der Waals surface area contributed by atoms with Crippen LogP contribution in [-0.2, 0) is 14.8 Å². The van der Waals surface area contributed by atoms with Gasteiger partial charge in [0.05, 0.1) is 11.4 Å². The van der Waals surface area contributed by atoms with E-state index in [0.29, 0.717) is 5.75 Å². The van der Waals surface area contributed by atoms with Crippen LogP contribution in [-0.4, -0.2) is 43.5 Å². The van der Waals surface area contributed by atoms with E-state index in [1.165, 1.54) is 41.9 Å². The van der Waals surface area contributed by atoms with Gasteiger partial charge in [-0.2, -0.15) is 4.31 Å². The minimum atomic E-state index is -4.04. The number of rotatable bonds is 8. The van der Waals surface area contributed by atoms with E-state index < -0.39 is 28.3 Å². The Kier molecular flexibility index (Phi) is 6.42. The van der Waals surface area contributed by atoms with Crippen LogP contribution in [0.5, 0.6) is 5.75 Å². The summed E-state index contributed by atoms with van der Waals surface area (Å²) >= 11 is 0. The lowest BCUT2D eigenvalue weighted by atomic mass is 10.1. The van der Waals surface area contributed by atoms with Crippen molar-refractivity contribution in [2.24, 2.45) is 0 Å². The SMILES string of the molecule is O=C(CN(CCOc1ccc(F)cc1)S(=O)(=O)c1ccc2ccccc2c1)NO. The number of nitrogens with zero attached hydrogens (tertiary/aromatic N) is 1. The Labute approximate surface area is 167 Å². The molecular weight excluding hydrogens is 399 g/mol. The molecule has 3 aromatic carbocycles. The van der Waals surface area contributed by atoms with Crippen LogP contribution in [0.2, 0.25) is 0 Å². The first-order chi connectivity index (χ1) is 13.9. The largest absolute Gasteiger partial charge is 0.492 e. The number of hydroxylamine groups is 1. The topological polar surface area (TPSA) is 95.9 Å². The fourth-order valence-electron chi connectivity index (χ4n) is 2.75. The first-order valence-corrected chi connectivity index (χ1v) is 10.1. The lowest BCUT2D eigenvalue weighted by molar-refractivity contribution is -0.129. The van der Waals surface area contributed by atoms with Gasteiger partial charge in [0.15, 0.2) is 0 Å². The van der Waals surface area contributed by atoms with Gasteiger partial charge >= 0.3 is 0 Å². The van der Waals surface area contributed by atoms with E-state index in [9.17, 15) is 17.6 Å². The Hall–Kier alpha value is -3.01. The second kappa shape index (κ2) is 8.99. The molecule has 0 spiro atoms. The fourth-order valence-corrected chi connectivity index (χ4v) is 4.17. The molecule has 1 amide bonds. The van der Waals surface area contributed by atoms with Crippen LogP contribution in [0.15, 0.2) is 71.6 Å². The average molecular weight is 418 g/mol. The van der Waals surface area contributed by atoms with E-state index in [2.05, 4.69) is 0 Å². The number of carbonyl (C=O) groups excluding carboxylic acids is 1. The molecule has 0 radical (unpaired) electrons. The molecule has 0 fully saturated rings. The zero-order chi connectivity index (χ0) is 20.9. The van der Waals surface area contributed by atoms with Gasteiger partial charge in [-0.25, -0.2) is 18.3 Å². The van der Waals surface area contributed by atoms with Gasteiger partial charge in [0.25, 0.3) is 5.91 Å². The van der Waals surface area contributed by atoms with E-state index in [1.807, 2.05) is 12.1 Å². The van der Waals surface area contributed by atoms with Crippen LogP contribution in [0, 0.1) is 5.82 Å². The predicted molar refractivity (Wildman–Crippen MR) is 105 cm³/mol. The number of amides is 1. The van der Waals surface area contributed by atoms with Crippen molar-refractivity contribution in [2.45, 2.75) is 4.90 Å². The van der Waals surface area contributed by atoms with Crippen LogP contribution < -0.4 is 10.2 Å². The summed E-state index contributed by atoms with van der Waals surface area (Å²) in [6.07, 6.45) is 0. The molecule has 0 unspecified atom stereocenters. The third-order valence-electron chi connectivity index (χ3n) is 4.23. The number of fused-ring (bicyclic) bond motifs is 1. The van der Waals surface area contributed by atoms with Crippen molar-refractivity contribution in [1.29, 1.82) is 0 Å². The molecule has 0 heterocycles. The summed E-state index contributed by atoms with van der Waals surface area (Å²) in [4.78, 5) is 11.7. The minimum absolute atomic E-state index is 0.0173. The summed E-state index contributed by atoms with van der Waals surface area (Å²) < 4.78 is 45.5. The van der Waals surface area contributed by atoms with Gasteiger partial charge in [0, 0.05) is 6.54 Å². The molecule has 3 aromatic rings. The van der Waals surface area contributed by atoms with Crippen LogP contribution >= 0.6 is 0 Å². The lowest BCUT2D eigenvalue weighted by Gasteiger charge is -2.21. The second-order valence-electron chi connectivity index (χ2n) is 6.18. The maximum atomic E-state index is 13.1. The number of hydrogen-bond acceptors (Lipinski definition) is 5. The molecule has 9 heteroatoms. The highest BCUT2D eigenvalue weighted by Crippen LogP contribution is 2.22. The Morgan fingerprint density at radius 1 is 1.03 bits per heavy atom. The van der Waals surface area contributed by atoms with Crippen molar-refractivity contribution in [3.05, 3.63) is 72.5 Å². The van der Waals surface area contributed by atoms with Gasteiger partial charge < -0.3 is 4.74 Å². The van der Waals surface area contributed by atoms with Crippen molar-refractivity contribution >= 4 is 26.7 Å². The minimum Gasteiger partial charge on any atom is -0.492 e. The average Bonchev–Trinajstić information content (AvgIpc) is 2.73. The Morgan fingerprint density at radius 2 is 1.72 bits per heavy atom. The number of benzene rings is 3. The first kappa shape index (κ1) is 20.7. The molecule has 3 rings (SSSR count). The van der Waals surface area contributed by atoms with Crippen molar-refractivity contribution in [1.82, 2.24) is 9.79 Å². The predicted octanol–water partition coefficient (Wildman–Crippen LogP) is 2.55. The standard InChI is InChI=1S/C20H19FN2O5S/c21-17-6-8-18(9-7-17)28-12-11-23(14-20(24)22-25)29(26,27)19-10-5-15-3-1-2-4-16(15)13-19/h1-10,13,25H,11-12,14H2,(H,22,24). The molecular formula is C20H19FN2O5S. The number of nitrogens with one attached hydrogen (secondary N) is 1. The summed E-state index contributed by atoms with van der Waals surface area (Å²) in [5.74, 6) is -0.935. The first-order valence-electron chi connectivity index (χ1n) is 8.70. The molecule has 0 saturated heterocycles. The Balaban J connectivity index is 1.81. The van der Waals surface area contributed by atoms with Crippen molar-refractivity contribution in [2.75, 3.05) is 19.7 Å². The molecule has 7 nitrogen and oxygen atoms in total. The van der Waals surface area contributed by atoms with Gasteiger partial charge in [-0.1, -0.05) is 30.3 Å². The summed E-state index contributed by atoms with van der Waals surface area (Å²) in [6.45, 7) is -0.810. The van der Waals surface area contributed by atoms with Gasteiger partial charge in [-0.15, -0.1) is 0 Å². The van der Waals surface area contributed by atoms with Gasteiger partial charge in [0.2, 0.25) is 10.0 Å². The van der Waals surface area contributed by atoms with Gasteiger partial charge in [-0.05, 0) is 47.2 Å². The van der Waals surface area contributed by atoms with E-state index in [1.54, 1.807) is 18.2 Å². The number of hydrogen-bond donors (Lipinski definition) is 2. The number of halogens is 1. The number of sulfonamides is 1. The quantitative estimate of drug-likeness (QED) is 0.433. The van der Waals surface area contributed by atoms with Gasteiger partial charge in [0.1, 0.15) is 18.2 Å². The maximum Gasteiger partial charge on any atom is 0.258 e. The normalized spacial score (nSPS) is 11.6. The summed E-state index contributed by atoms with van der Waals surface area (Å²) in [5, 5.41) is 10.4. The lowest BCUT2D eigenvalue weighted by Crippen LogP contribution is -2.41. The van der Waals surface area contributed by atoms with E-state index >= 15 is 0 Å². The second-order valence-corrected chi connectivity index (χ2v) is 8.12. The third-order valence-corrected chi connectivity index (χ3v) is 6.07. The molecule has 0 aromatic heterocycles. The van der Waals surface area contributed by atoms with E-state index in [4.69, 9.17) is 9.94 Å². The molecule has 152 valence electrons. The maximum absolute atomic E-state index is 13.1. The molecule has 0 aliphatic rings. The van der Waals surface area contributed by atoms with Gasteiger partial charge in [-0.3, -0.25) is 10.0 Å². The zero-order valence-electron chi connectivity index (χ0n) is 15.3. The fraction of sp³-hybridized carbons (Fsp3) is 0.150. The Bertz CT molecular complexity index is 1100. The number of carbonyl (C=O) groups is 1. The molecule has 0 aliphatic heterocycles. The van der Waals surface area contributed by atoms with Crippen LogP contribution in [0.25, 0.3) is 10.8 Å². The van der Waals surface area contributed by atoms with Crippen LogP contribution in [0.1, 0.15) is 0 Å². The molecule has 29 heavy (non-hydrogen) atoms. The van der Waals surface area contributed by atoms with Crippen molar-refractivity contribution < 1.29 is 27.5 Å². The zero-order valence-corrected chi connectivity index (χ0v) is 16.1. The molecule has 2 N–H and O–H groups in total. The highest BCUT2D eigenvalue weighted by Gasteiger charge is 2.27.